The minimum absolute atomic E-state index is 0.172. The molecule has 0 spiro atoms. The average Bonchev–Trinajstić information content (AvgIpc) is 3.20. The number of hydrogen-bond donors (Lipinski definition) is 4. The quantitative estimate of drug-likeness (QED) is 0.328. The number of nitrogens with zero attached hydrogens (tertiary/aromatic N) is 1. The van der Waals surface area contributed by atoms with Gasteiger partial charge < -0.3 is 16.0 Å². The lowest BCUT2D eigenvalue weighted by molar-refractivity contribution is -0.114. The highest BCUT2D eigenvalue weighted by molar-refractivity contribution is 7.99. The molecule has 154 valence electrons. The number of thioether (sulfide) groups is 1. The van der Waals surface area contributed by atoms with E-state index in [9.17, 15) is 14.4 Å². The molecular formula is C21H21N5O3S. The van der Waals surface area contributed by atoms with E-state index >= 15 is 0 Å². The smallest absolute Gasteiger partial charge is 0.271 e. The highest BCUT2D eigenvalue weighted by Crippen LogP contribution is 2.17. The third-order valence-electron chi connectivity index (χ3n) is 3.96. The zero-order valence-electron chi connectivity index (χ0n) is 16.3. The SMILES string of the molecule is CC(=O)Nc1cccc(C(=O)Nc2cn[nH]c2C(=O)NCCSc2ccccc2)c1. The van der Waals surface area contributed by atoms with Crippen LogP contribution in [0.4, 0.5) is 11.4 Å². The Bertz CT molecular complexity index is 1040. The maximum absolute atomic E-state index is 12.5. The molecular weight excluding hydrogens is 402 g/mol. The lowest BCUT2D eigenvalue weighted by Gasteiger charge is -2.08. The molecule has 1 aromatic heterocycles. The Kier molecular flexibility index (Phi) is 7.23. The fourth-order valence-corrected chi connectivity index (χ4v) is 3.42. The first-order valence-electron chi connectivity index (χ1n) is 9.21. The van der Waals surface area contributed by atoms with Gasteiger partial charge in [0.25, 0.3) is 11.8 Å². The van der Waals surface area contributed by atoms with E-state index < -0.39 is 5.91 Å². The number of carbonyl (C=O) groups is 3. The highest BCUT2D eigenvalue weighted by atomic mass is 32.2. The van der Waals surface area contributed by atoms with Crippen LogP contribution in [0.15, 0.2) is 65.7 Å². The number of aromatic amines is 1. The van der Waals surface area contributed by atoms with Gasteiger partial charge in [-0.2, -0.15) is 5.10 Å². The number of carbonyl (C=O) groups excluding carboxylic acids is 3. The van der Waals surface area contributed by atoms with E-state index in [1.165, 1.54) is 13.1 Å². The number of nitrogens with one attached hydrogen (secondary N) is 4. The zero-order chi connectivity index (χ0) is 21.3. The van der Waals surface area contributed by atoms with Gasteiger partial charge >= 0.3 is 0 Å². The van der Waals surface area contributed by atoms with Crippen molar-refractivity contribution in [2.45, 2.75) is 11.8 Å². The second kappa shape index (κ2) is 10.3. The van der Waals surface area contributed by atoms with Crippen LogP contribution in [0.2, 0.25) is 0 Å². The largest absolute Gasteiger partial charge is 0.350 e. The summed E-state index contributed by atoms with van der Waals surface area (Å²) in [4.78, 5) is 37.3. The molecule has 0 fully saturated rings. The molecule has 0 radical (unpaired) electrons. The van der Waals surface area contributed by atoms with Crippen molar-refractivity contribution in [1.29, 1.82) is 0 Å². The van der Waals surface area contributed by atoms with Crippen molar-refractivity contribution in [3.05, 3.63) is 72.1 Å². The summed E-state index contributed by atoms with van der Waals surface area (Å²) in [5, 5.41) is 14.6. The van der Waals surface area contributed by atoms with E-state index in [1.54, 1.807) is 36.0 Å². The first-order valence-corrected chi connectivity index (χ1v) is 10.2. The molecule has 1 heterocycles. The van der Waals surface area contributed by atoms with E-state index in [0.29, 0.717) is 23.5 Å². The van der Waals surface area contributed by atoms with Crippen molar-refractivity contribution in [1.82, 2.24) is 15.5 Å². The Balaban J connectivity index is 1.56. The molecule has 30 heavy (non-hydrogen) atoms. The predicted molar refractivity (Wildman–Crippen MR) is 117 cm³/mol. The van der Waals surface area contributed by atoms with Gasteiger partial charge in [-0.25, -0.2) is 0 Å². The van der Waals surface area contributed by atoms with Crippen LogP contribution >= 0.6 is 11.8 Å². The molecule has 0 saturated heterocycles. The molecule has 3 amide bonds. The van der Waals surface area contributed by atoms with Crippen molar-refractivity contribution in [2.75, 3.05) is 22.9 Å². The van der Waals surface area contributed by atoms with Gasteiger partial charge in [0, 0.05) is 35.4 Å². The minimum atomic E-state index is -0.419. The standard InChI is InChI=1S/C21H21N5O3S/c1-14(27)24-16-7-5-6-15(12-16)20(28)25-18-13-23-26-19(18)21(29)22-10-11-30-17-8-3-2-4-9-17/h2-9,12-13H,10-11H2,1H3,(H,22,29)(H,23,26)(H,24,27)(H,25,28). The monoisotopic (exact) mass is 423 g/mol. The molecule has 3 rings (SSSR count). The summed E-state index contributed by atoms with van der Waals surface area (Å²) in [5.41, 5.74) is 1.30. The third-order valence-corrected chi connectivity index (χ3v) is 4.97. The van der Waals surface area contributed by atoms with Gasteiger partial charge in [0.2, 0.25) is 5.91 Å². The molecule has 0 unspecified atom stereocenters. The maximum Gasteiger partial charge on any atom is 0.271 e. The van der Waals surface area contributed by atoms with Crippen LogP contribution < -0.4 is 16.0 Å². The Morgan fingerprint density at radius 2 is 1.80 bits per heavy atom. The van der Waals surface area contributed by atoms with Crippen LogP contribution in [-0.4, -0.2) is 40.2 Å². The normalized spacial score (nSPS) is 10.3. The summed E-state index contributed by atoms with van der Waals surface area (Å²) in [6.45, 7) is 1.85. The first kappa shape index (κ1) is 21.1. The highest BCUT2D eigenvalue weighted by Gasteiger charge is 2.16. The molecule has 0 aliphatic carbocycles. The summed E-state index contributed by atoms with van der Waals surface area (Å²) in [6, 6.07) is 16.4. The molecule has 3 aromatic rings. The summed E-state index contributed by atoms with van der Waals surface area (Å²) in [7, 11) is 0. The van der Waals surface area contributed by atoms with Crippen molar-refractivity contribution in [3.63, 3.8) is 0 Å². The molecule has 0 aliphatic rings. The number of amides is 3. The van der Waals surface area contributed by atoms with Gasteiger partial charge in [0.1, 0.15) is 5.69 Å². The van der Waals surface area contributed by atoms with Gasteiger partial charge in [-0.05, 0) is 30.3 Å². The summed E-state index contributed by atoms with van der Waals surface area (Å²) in [6.07, 6.45) is 1.38. The van der Waals surface area contributed by atoms with Crippen LogP contribution in [0, 0.1) is 0 Å². The second-order valence-electron chi connectivity index (χ2n) is 6.29. The van der Waals surface area contributed by atoms with E-state index in [4.69, 9.17) is 0 Å². The molecule has 9 heteroatoms. The number of rotatable bonds is 8. The minimum Gasteiger partial charge on any atom is -0.350 e. The van der Waals surface area contributed by atoms with Gasteiger partial charge in [0.05, 0.1) is 11.9 Å². The zero-order valence-corrected chi connectivity index (χ0v) is 17.1. The maximum atomic E-state index is 12.5. The number of aromatic nitrogens is 2. The summed E-state index contributed by atoms with van der Waals surface area (Å²) in [5.74, 6) is -0.297. The third kappa shape index (κ3) is 5.95. The van der Waals surface area contributed by atoms with Gasteiger partial charge in [-0.3, -0.25) is 19.5 Å². The molecule has 0 saturated carbocycles. The Hall–Kier alpha value is -3.59. The van der Waals surface area contributed by atoms with Gasteiger partial charge in [-0.1, -0.05) is 24.3 Å². The van der Waals surface area contributed by atoms with Crippen LogP contribution in [0.1, 0.15) is 27.8 Å². The summed E-state index contributed by atoms with van der Waals surface area (Å²) < 4.78 is 0. The molecule has 0 atom stereocenters. The molecule has 4 N–H and O–H groups in total. The fraction of sp³-hybridized carbons (Fsp3) is 0.143. The number of anilines is 2. The second-order valence-corrected chi connectivity index (χ2v) is 7.46. The van der Waals surface area contributed by atoms with Crippen molar-refractivity contribution >= 4 is 40.9 Å². The predicted octanol–water partition coefficient (Wildman–Crippen LogP) is 3.14. The molecule has 8 nitrogen and oxygen atoms in total. The lowest BCUT2D eigenvalue weighted by Crippen LogP contribution is -2.27. The number of hydrogen-bond acceptors (Lipinski definition) is 5. The van der Waals surface area contributed by atoms with E-state index in [1.807, 2.05) is 30.3 Å². The summed E-state index contributed by atoms with van der Waals surface area (Å²) >= 11 is 1.64. The molecule has 0 bridgehead atoms. The van der Waals surface area contributed by atoms with Crippen molar-refractivity contribution in [3.8, 4) is 0 Å². The van der Waals surface area contributed by atoms with E-state index in [-0.39, 0.29) is 23.2 Å². The number of H-pyrrole nitrogens is 1. The van der Waals surface area contributed by atoms with Crippen LogP contribution in [0.5, 0.6) is 0 Å². The fourth-order valence-electron chi connectivity index (χ4n) is 2.63. The van der Waals surface area contributed by atoms with Crippen molar-refractivity contribution in [2.24, 2.45) is 0 Å². The van der Waals surface area contributed by atoms with Crippen molar-refractivity contribution < 1.29 is 14.4 Å². The Morgan fingerprint density at radius 3 is 2.57 bits per heavy atom. The van der Waals surface area contributed by atoms with E-state index in [0.717, 1.165) is 4.90 Å². The Morgan fingerprint density at radius 1 is 1.00 bits per heavy atom. The number of benzene rings is 2. The Labute approximate surface area is 177 Å². The van der Waals surface area contributed by atoms with Crippen LogP contribution in [0.3, 0.4) is 0 Å². The topological polar surface area (TPSA) is 116 Å². The van der Waals surface area contributed by atoms with Crippen LogP contribution in [0.25, 0.3) is 0 Å². The average molecular weight is 423 g/mol. The lowest BCUT2D eigenvalue weighted by atomic mass is 10.2. The first-order chi connectivity index (χ1) is 14.5. The molecule has 2 aromatic carbocycles. The van der Waals surface area contributed by atoms with Crippen LogP contribution in [-0.2, 0) is 4.79 Å². The van der Waals surface area contributed by atoms with E-state index in [2.05, 4.69) is 26.1 Å². The van der Waals surface area contributed by atoms with Gasteiger partial charge in [-0.15, -0.1) is 11.8 Å². The van der Waals surface area contributed by atoms with Gasteiger partial charge in [0.15, 0.2) is 0 Å². The molecule has 0 aliphatic heterocycles.